The maximum absolute atomic E-state index is 12.2. The number of carbonyl (C=O) groups is 1. The zero-order valence-corrected chi connectivity index (χ0v) is 13.7. The van der Waals surface area contributed by atoms with Gasteiger partial charge in [0, 0.05) is 12.4 Å². The van der Waals surface area contributed by atoms with Crippen molar-refractivity contribution in [1.29, 1.82) is 0 Å². The zero-order valence-electron chi connectivity index (χ0n) is 11.4. The van der Waals surface area contributed by atoms with Gasteiger partial charge in [0.1, 0.15) is 5.69 Å². The summed E-state index contributed by atoms with van der Waals surface area (Å²) < 4.78 is 27.7. The minimum absolute atomic E-state index is 0.0156. The second-order valence-electron chi connectivity index (χ2n) is 4.61. The van der Waals surface area contributed by atoms with Gasteiger partial charge in [-0.1, -0.05) is 41.4 Å². The topological polar surface area (TPSA) is 80.5 Å². The minimum Gasteiger partial charge on any atom is -0.304 e. The first-order valence-electron chi connectivity index (χ1n) is 6.33. The van der Waals surface area contributed by atoms with Crippen LogP contribution in [0.2, 0.25) is 10.0 Å². The van der Waals surface area contributed by atoms with Crippen molar-refractivity contribution in [3.05, 3.63) is 64.5 Å². The van der Waals surface area contributed by atoms with E-state index in [-0.39, 0.29) is 15.6 Å². The molecule has 0 saturated heterocycles. The summed E-state index contributed by atoms with van der Waals surface area (Å²) in [7, 11) is -3.97. The van der Waals surface area contributed by atoms with Crippen LogP contribution in [0, 0.1) is 0 Å². The number of rotatable bonds is 3. The number of aromatic nitrogens is 2. The number of imidazole rings is 1. The highest BCUT2D eigenvalue weighted by Gasteiger charge is 2.21. The molecule has 2 aromatic heterocycles. The maximum atomic E-state index is 12.2. The summed E-state index contributed by atoms with van der Waals surface area (Å²) >= 11 is 11.9. The largest absolute Gasteiger partial charge is 0.304 e. The number of pyridine rings is 1. The van der Waals surface area contributed by atoms with Gasteiger partial charge in [0.05, 0.1) is 14.9 Å². The lowest BCUT2D eigenvalue weighted by atomic mass is 10.4. The summed E-state index contributed by atoms with van der Waals surface area (Å²) in [5, 5.41) is 0.617. The second-order valence-corrected chi connectivity index (χ2v) is 7.14. The highest BCUT2D eigenvalue weighted by Crippen LogP contribution is 2.22. The van der Waals surface area contributed by atoms with E-state index >= 15 is 0 Å². The van der Waals surface area contributed by atoms with Crippen LogP contribution in [0.4, 0.5) is 0 Å². The Morgan fingerprint density at radius 1 is 1.13 bits per heavy atom. The molecule has 0 fully saturated rings. The lowest BCUT2D eigenvalue weighted by molar-refractivity contribution is 0.0977. The fourth-order valence-electron chi connectivity index (χ4n) is 1.97. The summed E-state index contributed by atoms with van der Waals surface area (Å²) in [4.78, 5) is 16.2. The molecule has 23 heavy (non-hydrogen) atoms. The fourth-order valence-corrected chi connectivity index (χ4v) is 3.48. The number of fused-ring (bicyclic) bond motifs is 1. The molecule has 0 unspecified atom stereocenters. The van der Waals surface area contributed by atoms with Crippen LogP contribution in [0.5, 0.6) is 0 Å². The van der Waals surface area contributed by atoms with Crippen LogP contribution in [0.15, 0.2) is 53.7 Å². The lowest BCUT2D eigenvalue weighted by Gasteiger charge is -2.04. The number of halogens is 2. The smallest absolute Gasteiger partial charge is 0.285 e. The highest BCUT2D eigenvalue weighted by atomic mass is 35.5. The Morgan fingerprint density at radius 3 is 2.52 bits per heavy atom. The van der Waals surface area contributed by atoms with Crippen LogP contribution in [-0.4, -0.2) is 23.7 Å². The van der Waals surface area contributed by atoms with Crippen LogP contribution in [-0.2, 0) is 10.0 Å². The number of hydrogen-bond donors (Lipinski definition) is 1. The van der Waals surface area contributed by atoms with E-state index in [2.05, 4.69) is 4.98 Å². The van der Waals surface area contributed by atoms with Crippen molar-refractivity contribution in [2.24, 2.45) is 0 Å². The van der Waals surface area contributed by atoms with Crippen LogP contribution in [0.1, 0.15) is 10.5 Å². The van der Waals surface area contributed by atoms with Crippen LogP contribution >= 0.6 is 23.2 Å². The van der Waals surface area contributed by atoms with Crippen molar-refractivity contribution in [3.8, 4) is 0 Å². The van der Waals surface area contributed by atoms with Crippen molar-refractivity contribution in [2.75, 3.05) is 0 Å². The summed E-state index contributed by atoms with van der Waals surface area (Å²) in [5.74, 6) is -0.857. The van der Waals surface area contributed by atoms with Gasteiger partial charge in [-0.2, -0.15) is 0 Å². The quantitative estimate of drug-likeness (QED) is 0.769. The second kappa shape index (κ2) is 5.84. The molecule has 3 aromatic rings. The normalized spacial score (nSPS) is 11.6. The van der Waals surface area contributed by atoms with Crippen LogP contribution in [0.25, 0.3) is 5.65 Å². The summed E-state index contributed by atoms with van der Waals surface area (Å²) in [5.41, 5.74) is 0.215. The van der Waals surface area contributed by atoms with Gasteiger partial charge in [-0.15, -0.1) is 0 Å². The Balaban J connectivity index is 1.94. The number of sulfonamides is 1. The number of hydrogen-bond acceptors (Lipinski definition) is 4. The van der Waals surface area contributed by atoms with Gasteiger partial charge in [-0.3, -0.25) is 4.79 Å². The summed E-state index contributed by atoms with van der Waals surface area (Å²) in [6, 6.07) is 9.05. The molecule has 0 radical (unpaired) electrons. The number of carbonyl (C=O) groups excluding carboxylic acids is 1. The first-order valence-corrected chi connectivity index (χ1v) is 8.57. The van der Waals surface area contributed by atoms with Crippen molar-refractivity contribution in [1.82, 2.24) is 14.1 Å². The van der Waals surface area contributed by atoms with Gasteiger partial charge in [-0.05, 0) is 18.2 Å². The van der Waals surface area contributed by atoms with Crippen molar-refractivity contribution >= 4 is 44.8 Å². The van der Waals surface area contributed by atoms with E-state index in [1.165, 1.54) is 35.0 Å². The molecule has 9 heteroatoms. The highest BCUT2D eigenvalue weighted by molar-refractivity contribution is 7.90. The van der Waals surface area contributed by atoms with Crippen molar-refractivity contribution < 1.29 is 13.2 Å². The SMILES string of the molecule is O=C(NS(=O)(=O)c1ccccc1)c1cn2cc(Cl)cc(Cl)c2n1. The predicted molar refractivity (Wildman–Crippen MR) is 86.3 cm³/mol. The third-order valence-electron chi connectivity index (χ3n) is 2.99. The van der Waals surface area contributed by atoms with Gasteiger partial charge >= 0.3 is 0 Å². The van der Waals surface area contributed by atoms with E-state index in [0.29, 0.717) is 10.7 Å². The fraction of sp³-hybridized carbons (Fsp3) is 0. The average molecular weight is 370 g/mol. The lowest BCUT2D eigenvalue weighted by Crippen LogP contribution is -2.30. The third-order valence-corrected chi connectivity index (χ3v) is 4.82. The van der Waals surface area contributed by atoms with Crippen LogP contribution in [0.3, 0.4) is 0 Å². The molecule has 0 aliphatic heterocycles. The third kappa shape index (κ3) is 3.17. The number of nitrogens with zero attached hydrogens (tertiary/aromatic N) is 2. The molecule has 118 valence electrons. The molecule has 0 bridgehead atoms. The molecule has 0 aliphatic rings. The van der Waals surface area contributed by atoms with Gasteiger partial charge < -0.3 is 4.40 Å². The van der Waals surface area contributed by atoms with E-state index in [0.717, 1.165) is 0 Å². The molecule has 0 aliphatic carbocycles. The molecule has 2 heterocycles. The molecule has 1 aromatic carbocycles. The molecular formula is C14H9Cl2N3O3S. The van der Waals surface area contributed by atoms with Gasteiger partial charge in [0.15, 0.2) is 5.65 Å². The Bertz CT molecular complexity index is 1000. The Kier molecular flexibility index (Phi) is 4.01. The molecule has 0 atom stereocenters. The average Bonchev–Trinajstić information content (AvgIpc) is 2.92. The monoisotopic (exact) mass is 369 g/mol. The Labute approximate surface area is 141 Å². The molecular weight excluding hydrogens is 361 g/mol. The molecule has 0 spiro atoms. The van der Waals surface area contributed by atoms with Gasteiger partial charge in [-0.25, -0.2) is 18.1 Å². The first-order chi connectivity index (χ1) is 10.9. The van der Waals surface area contributed by atoms with E-state index in [4.69, 9.17) is 23.2 Å². The molecule has 1 N–H and O–H groups in total. The summed E-state index contributed by atoms with van der Waals surface area (Å²) in [6.45, 7) is 0. The van der Waals surface area contributed by atoms with E-state index in [9.17, 15) is 13.2 Å². The first kappa shape index (κ1) is 15.8. The zero-order chi connectivity index (χ0) is 16.6. The molecule has 3 rings (SSSR count). The van der Waals surface area contributed by atoms with E-state index in [1.807, 2.05) is 4.72 Å². The van der Waals surface area contributed by atoms with Crippen molar-refractivity contribution in [2.45, 2.75) is 4.90 Å². The molecule has 0 saturated carbocycles. The maximum Gasteiger partial charge on any atom is 0.285 e. The number of nitrogens with one attached hydrogen (secondary N) is 1. The van der Waals surface area contributed by atoms with E-state index < -0.39 is 15.9 Å². The Hall–Kier alpha value is -2.09. The summed E-state index contributed by atoms with van der Waals surface area (Å²) in [6.07, 6.45) is 2.86. The van der Waals surface area contributed by atoms with Gasteiger partial charge in [0.2, 0.25) is 0 Å². The predicted octanol–water partition coefficient (Wildman–Crippen LogP) is 2.76. The Morgan fingerprint density at radius 2 is 1.83 bits per heavy atom. The van der Waals surface area contributed by atoms with Gasteiger partial charge in [0.25, 0.3) is 15.9 Å². The van der Waals surface area contributed by atoms with Crippen LogP contribution < -0.4 is 4.72 Å². The van der Waals surface area contributed by atoms with Crippen molar-refractivity contribution in [3.63, 3.8) is 0 Å². The number of amides is 1. The molecule has 6 nitrogen and oxygen atoms in total. The number of benzene rings is 1. The van der Waals surface area contributed by atoms with E-state index in [1.54, 1.807) is 18.2 Å². The minimum atomic E-state index is -3.97. The molecule has 1 amide bonds. The standard InChI is InChI=1S/C14H9Cl2N3O3S/c15-9-6-11(16)13-17-12(8-19(13)7-9)14(20)18-23(21,22)10-4-2-1-3-5-10/h1-8H,(H,18,20).